The summed E-state index contributed by atoms with van der Waals surface area (Å²) in [6, 6.07) is 0. The Balaban J connectivity index is 2.17. The predicted molar refractivity (Wildman–Crippen MR) is 105 cm³/mol. The van der Waals surface area contributed by atoms with Gasteiger partial charge in [-0.2, -0.15) is 0 Å². The lowest BCUT2D eigenvalue weighted by atomic mass is 9.96. The molecule has 0 amide bonds. The quantitative estimate of drug-likeness (QED) is 0.591. The van der Waals surface area contributed by atoms with E-state index < -0.39 is 0 Å². The maximum absolute atomic E-state index is 12.3. The van der Waals surface area contributed by atoms with Crippen molar-refractivity contribution in [1.82, 2.24) is 5.32 Å². The van der Waals surface area contributed by atoms with Gasteiger partial charge in [-0.3, -0.25) is 0 Å². The number of methoxy groups -OCH3 is 1. The van der Waals surface area contributed by atoms with Crippen molar-refractivity contribution < 1.29 is 9.53 Å². The van der Waals surface area contributed by atoms with E-state index in [2.05, 4.69) is 24.5 Å². The van der Waals surface area contributed by atoms with Crippen LogP contribution in [0.3, 0.4) is 0 Å². The van der Waals surface area contributed by atoms with Crippen LogP contribution in [0.15, 0.2) is 0 Å². The summed E-state index contributed by atoms with van der Waals surface area (Å²) >= 11 is 7.05. The molecule has 0 fully saturated rings. The number of hydrogen-bond acceptors (Lipinski definition) is 4. The number of rotatable bonds is 5. The van der Waals surface area contributed by atoms with Gasteiger partial charge < -0.3 is 15.4 Å². The first-order chi connectivity index (χ1) is 11.5. The fraction of sp³-hybridized carbons (Fsp3) is 0.667. The first-order valence-corrected chi connectivity index (χ1v) is 10.0. The van der Waals surface area contributed by atoms with Crippen molar-refractivity contribution in [2.75, 3.05) is 19.0 Å². The van der Waals surface area contributed by atoms with Gasteiger partial charge in [-0.25, -0.2) is 4.79 Å². The number of aryl methyl sites for hydroxylation is 1. The topological polar surface area (TPSA) is 50.4 Å². The maximum Gasteiger partial charge on any atom is 0.341 e. The van der Waals surface area contributed by atoms with E-state index in [0.717, 1.165) is 37.2 Å². The van der Waals surface area contributed by atoms with Crippen LogP contribution in [-0.4, -0.2) is 24.7 Å². The second-order valence-electron chi connectivity index (χ2n) is 6.68. The predicted octanol–water partition coefficient (Wildman–Crippen LogP) is 4.53. The Morgan fingerprint density at radius 1 is 1.25 bits per heavy atom. The van der Waals surface area contributed by atoms with Gasteiger partial charge in [0.05, 0.1) is 12.7 Å². The highest BCUT2D eigenvalue weighted by molar-refractivity contribution is 7.80. The molecular formula is C18H28N2O2S2. The normalized spacial score (nSPS) is 14.5. The standard InChI is InChI=1S/C18H28N2O2S2/c1-12(2)10-11-19-18(23)20-16-15(17(21)22-3)13-8-6-4-5-7-9-14(13)24-16/h12H,4-11H2,1-3H3,(H2,19,20,23). The monoisotopic (exact) mass is 368 g/mol. The highest BCUT2D eigenvalue weighted by Crippen LogP contribution is 2.37. The van der Waals surface area contributed by atoms with Crippen molar-refractivity contribution in [2.45, 2.75) is 58.8 Å². The molecule has 0 bridgehead atoms. The molecule has 1 aromatic rings. The van der Waals surface area contributed by atoms with E-state index in [1.807, 2.05) is 0 Å². The second-order valence-corrected chi connectivity index (χ2v) is 8.19. The van der Waals surface area contributed by atoms with Crippen LogP contribution in [0.2, 0.25) is 0 Å². The van der Waals surface area contributed by atoms with Gasteiger partial charge in [0, 0.05) is 11.4 Å². The molecular weight excluding hydrogens is 340 g/mol. The van der Waals surface area contributed by atoms with E-state index in [1.165, 1.54) is 36.8 Å². The van der Waals surface area contributed by atoms with Gasteiger partial charge in [0.15, 0.2) is 5.11 Å². The Labute approximate surface area is 154 Å². The number of ether oxygens (including phenoxy) is 1. The number of esters is 1. The molecule has 1 aromatic heterocycles. The summed E-state index contributed by atoms with van der Waals surface area (Å²) in [5.41, 5.74) is 1.85. The number of thiocarbonyl (C=S) groups is 1. The lowest BCUT2D eigenvalue weighted by molar-refractivity contribution is 0.0601. The van der Waals surface area contributed by atoms with Crippen LogP contribution in [0.4, 0.5) is 5.00 Å². The van der Waals surface area contributed by atoms with E-state index in [0.29, 0.717) is 16.6 Å². The minimum atomic E-state index is -0.263. The molecule has 0 saturated carbocycles. The molecule has 2 rings (SSSR count). The summed E-state index contributed by atoms with van der Waals surface area (Å²) in [7, 11) is 1.44. The molecule has 0 spiro atoms. The lowest BCUT2D eigenvalue weighted by Gasteiger charge is -2.12. The van der Waals surface area contributed by atoms with Crippen molar-refractivity contribution in [2.24, 2.45) is 5.92 Å². The zero-order valence-electron chi connectivity index (χ0n) is 14.9. The van der Waals surface area contributed by atoms with Gasteiger partial charge in [0.2, 0.25) is 0 Å². The molecule has 0 unspecified atom stereocenters. The summed E-state index contributed by atoms with van der Waals surface area (Å²) in [5, 5.41) is 7.87. The first-order valence-electron chi connectivity index (χ1n) is 8.80. The molecule has 6 heteroatoms. The maximum atomic E-state index is 12.3. The highest BCUT2D eigenvalue weighted by Gasteiger charge is 2.25. The SMILES string of the molecule is COC(=O)c1c(NC(=S)NCCC(C)C)sc2c1CCCCCC2. The molecule has 1 aliphatic rings. The van der Waals surface area contributed by atoms with Gasteiger partial charge >= 0.3 is 5.97 Å². The third kappa shape index (κ3) is 5.18. The average Bonchev–Trinajstić information content (AvgIpc) is 2.82. The Hall–Kier alpha value is -1.14. The third-order valence-corrected chi connectivity index (χ3v) is 5.75. The van der Waals surface area contributed by atoms with Crippen molar-refractivity contribution in [3.8, 4) is 0 Å². The van der Waals surface area contributed by atoms with Crippen molar-refractivity contribution in [3.63, 3.8) is 0 Å². The minimum absolute atomic E-state index is 0.263. The Morgan fingerprint density at radius 2 is 1.96 bits per heavy atom. The van der Waals surface area contributed by atoms with Gasteiger partial charge in [0.1, 0.15) is 5.00 Å². The van der Waals surface area contributed by atoms with Crippen LogP contribution in [0.1, 0.15) is 66.8 Å². The smallest absolute Gasteiger partial charge is 0.341 e. The number of fused-ring (bicyclic) bond motifs is 1. The molecule has 134 valence electrons. The summed E-state index contributed by atoms with van der Waals surface area (Å²) in [4.78, 5) is 13.6. The molecule has 0 aliphatic heterocycles. The summed E-state index contributed by atoms with van der Waals surface area (Å²) in [6.07, 6.45) is 7.86. The fourth-order valence-corrected chi connectivity index (χ4v) is 4.50. The van der Waals surface area contributed by atoms with Crippen LogP contribution in [0.25, 0.3) is 0 Å². The zero-order chi connectivity index (χ0) is 17.5. The Morgan fingerprint density at radius 3 is 2.62 bits per heavy atom. The molecule has 2 N–H and O–H groups in total. The summed E-state index contributed by atoms with van der Waals surface area (Å²) in [6.45, 7) is 5.21. The van der Waals surface area contributed by atoms with Gasteiger partial charge in [-0.1, -0.05) is 26.7 Å². The molecule has 1 aliphatic carbocycles. The van der Waals surface area contributed by atoms with Crippen molar-refractivity contribution >= 4 is 39.6 Å². The fourth-order valence-electron chi connectivity index (χ4n) is 2.95. The number of thiophene rings is 1. The first kappa shape index (κ1) is 19.2. The molecule has 0 atom stereocenters. The van der Waals surface area contributed by atoms with Crippen molar-refractivity contribution in [3.05, 3.63) is 16.0 Å². The van der Waals surface area contributed by atoms with Crippen LogP contribution in [-0.2, 0) is 17.6 Å². The number of anilines is 1. The number of nitrogens with one attached hydrogen (secondary N) is 2. The largest absolute Gasteiger partial charge is 0.465 e. The molecule has 1 heterocycles. The minimum Gasteiger partial charge on any atom is -0.465 e. The van der Waals surface area contributed by atoms with Crippen LogP contribution >= 0.6 is 23.6 Å². The second kappa shape index (κ2) is 9.37. The zero-order valence-corrected chi connectivity index (χ0v) is 16.5. The van der Waals surface area contributed by atoms with Gasteiger partial charge in [-0.05, 0) is 55.8 Å². The van der Waals surface area contributed by atoms with E-state index in [4.69, 9.17) is 17.0 Å². The van der Waals surface area contributed by atoms with E-state index >= 15 is 0 Å². The average molecular weight is 369 g/mol. The molecule has 0 aromatic carbocycles. The van der Waals surface area contributed by atoms with E-state index in [9.17, 15) is 4.79 Å². The number of carbonyl (C=O) groups excluding carboxylic acids is 1. The highest BCUT2D eigenvalue weighted by atomic mass is 32.1. The van der Waals surface area contributed by atoms with E-state index in [-0.39, 0.29) is 5.97 Å². The number of carbonyl (C=O) groups is 1. The van der Waals surface area contributed by atoms with Crippen molar-refractivity contribution in [1.29, 1.82) is 0 Å². The van der Waals surface area contributed by atoms with Crippen LogP contribution in [0.5, 0.6) is 0 Å². The Kier molecular flexibility index (Phi) is 7.49. The van der Waals surface area contributed by atoms with Gasteiger partial charge in [0.25, 0.3) is 0 Å². The molecule has 4 nitrogen and oxygen atoms in total. The summed E-state index contributed by atoms with van der Waals surface area (Å²) in [5.74, 6) is 0.369. The van der Waals surface area contributed by atoms with Crippen LogP contribution in [0, 0.1) is 5.92 Å². The number of hydrogen-bond donors (Lipinski definition) is 2. The lowest BCUT2D eigenvalue weighted by Crippen LogP contribution is -2.30. The molecule has 24 heavy (non-hydrogen) atoms. The summed E-state index contributed by atoms with van der Waals surface area (Å²) < 4.78 is 5.03. The third-order valence-electron chi connectivity index (χ3n) is 4.30. The Bertz CT molecular complexity index is 582. The van der Waals surface area contributed by atoms with E-state index in [1.54, 1.807) is 11.3 Å². The molecule has 0 saturated heterocycles. The van der Waals surface area contributed by atoms with Gasteiger partial charge in [-0.15, -0.1) is 11.3 Å². The van der Waals surface area contributed by atoms with Crippen LogP contribution < -0.4 is 10.6 Å². The molecule has 0 radical (unpaired) electrons.